The first-order valence-corrected chi connectivity index (χ1v) is 8.29. The molecule has 0 bridgehead atoms. The van der Waals surface area contributed by atoms with Crippen LogP contribution in [0.4, 0.5) is 0 Å². The first-order valence-electron chi connectivity index (χ1n) is 8.29. The maximum atomic E-state index is 12.3. The lowest BCUT2D eigenvalue weighted by atomic mass is 10.1. The third kappa shape index (κ3) is 4.08. The molecule has 1 aromatic rings. The molecule has 0 atom stereocenters. The van der Waals surface area contributed by atoms with Crippen LogP contribution in [0.2, 0.25) is 0 Å². The minimum atomic E-state index is 0.310. The first kappa shape index (κ1) is 16.1. The minimum absolute atomic E-state index is 0.310. The number of aryl methyl sites for hydroxylation is 1. The van der Waals surface area contributed by atoms with Gasteiger partial charge in [0.1, 0.15) is 0 Å². The lowest BCUT2D eigenvalue weighted by Gasteiger charge is -2.26. The van der Waals surface area contributed by atoms with E-state index in [1.54, 1.807) is 0 Å². The monoisotopic (exact) mass is 291 g/mol. The highest BCUT2D eigenvalue weighted by atomic mass is 16.2. The largest absolute Gasteiger partial charge is 0.343 e. The highest BCUT2D eigenvalue weighted by Gasteiger charge is 2.18. The standard InChI is InChI=1S/C17H29N3O/c1-13(2)12-20-15(4)16(14(3)18-20)8-9-17(21)19-10-6-5-7-11-19/h13H,5-12H2,1-4H3. The fraction of sp³-hybridized carbons (Fsp3) is 0.765. The molecule has 0 unspecified atom stereocenters. The number of aromatic nitrogens is 2. The smallest absolute Gasteiger partial charge is 0.222 e. The average molecular weight is 291 g/mol. The van der Waals surface area contributed by atoms with Crippen LogP contribution >= 0.6 is 0 Å². The van der Waals surface area contributed by atoms with E-state index in [1.165, 1.54) is 17.7 Å². The van der Waals surface area contributed by atoms with Gasteiger partial charge in [0.2, 0.25) is 5.91 Å². The predicted molar refractivity (Wildman–Crippen MR) is 85.3 cm³/mol. The summed E-state index contributed by atoms with van der Waals surface area (Å²) in [6, 6.07) is 0. The van der Waals surface area contributed by atoms with Crippen molar-refractivity contribution in [2.45, 2.75) is 66.3 Å². The van der Waals surface area contributed by atoms with E-state index in [4.69, 9.17) is 0 Å². The molecule has 1 aromatic heterocycles. The summed E-state index contributed by atoms with van der Waals surface area (Å²) in [6.45, 7) is 11.4. The molecule has 4 heteroatoms. The molecule has 0 aromatic carbocycles. The van der Waals surface area contributed by atoms with Crippen LogP contribution in [0.15, 0.2) is 0 Å². The van der Waals surface area contributed by atoms with Gasteiger partial charge in [-0.3, -0.25) is 9.48 Å². The van der Waals surface area contributed by atoms with Crippen molar-refractivity contribution >= 4 is 5.91 Å². The molecule has 1 fully saturated rings. The Bertz CT molecular complexity index is 484. The number of carbonyl (C=O) groups excluding carboxylic acids is 1. The van der Waals surface area contributed by atoms with Gasteiger partial charge in [0.05, 0.1) is 5.69 Å². The number of amides is 1. The van der Waals surface area contributed by atoms with Crippen LogP contribution in [0.5, 0.6) is 0 Å². The van der Waals surface area contributed by atoms with Crippen LogP contribution in [-0.2, 0) is 17.8 Å². The highest BCUT2D eigenvalue weighted by Crippen LogP contribution is 2.18. The third-order valence-electron chi connectivity index (χ3n) is 4.37. The van der Waals surface area contributed by atoms with E-state index >= 15 is 0 Å². The SMILES string of the molecule is Cc1nn(CC(C)C)c(C)c1CCC(=O)N1CCCCC1. The molecule has 21 heavy (non-hydrogen) atoms. The predicted octanol–water partition coefficient (Wildman–Crippen LogP) is 3.10. The number of piperidine rings is 1. The van der Waals surface area contributed by atoms with Gasteiger partial charge in [-0.05, 0) is 51.0 Å². The normalized spacial score (nSPS) is 15.8. The molecule has 0 radical (unpaired) electrons. The van der Waals surface area contributed by atoms with Crippen molar-refractivity contribution in [3.8, 4) is 0 Å². The summed E-state index contributed by atoms with van der Waals surface area (Å²) in [5, 5.41) is 4.63. The Morgan fingerprint density at radius 3 is 2.48 bits per heavy atom. The number of hydrogen-bond donors (Lipinski definition) is 0. The molecule has 2 heterocycles. The van der Waals surface area contributed by atoms with Crippen molar-refractivity contribution < 1.29 is 4.79 Å². The number of rotatable bonds is 5. The molecule has 1 aliphatic heterocycles. The number of carbonyl (C=O) groups is 1. The van der Waals surface area contributed by atoms with Crippen LogP contribution in [-0.4, -0.2) is 33.7 Å². The molecule has 0 aliphatic carbocycles. The van der Waals surface area contributed by atoms with Crippen LogP contribution in [0.3, 0.4) is 0 Å². The van der Waals surface area contributed by atoms with Gasteiger partial charge in [-0.15, -0.1) is 0 Å². The molecule has 0 N–H and O–H groups in total. The summed E-state index contributed by atoms with van der Waals surface area (Å²) < 4.78 is 2.10. The first-order chi connectivity index (χ1) is 9.99. The van der Waals surface area contributed by atoms with E-state index in [2.05, 4.69) is 37.5 Å². The van der Waals surface area contributed by atoms with Crippen LogP contribution < -0.4 is 0 Å². The summed E-state index contributed by atoms with van der Waals surface area (Å²) in [5.74, 6) is 0.899. The van der Waals surface area contributed by atoms with Gasteiger partial charge in [0.25, 0.3) is 0 Å². The molecule has 2 rings (SSSR count). The fourth-order valence-corrected chi connectivity index (χ4v) is 3.15. The van der Waals surface area contributed by atoms with Gasteiger partial charge < -0.3 is 4.90 Å². The van der Waals surface area contributed by atoms with Gasteiger partial charge in [0, 0.05) is 31.7 Å². The molecule has 1 aliphatic rings. The fourth-order valence-electron chi connectivity index (χ4n) is 3.15. The zero-order valence-electron chi connectivity index (χ0n) is 14.0. The lowest BCUT2D eigenvalue weighted by molar-refractivity contribution is -0.132. The van der Waals surface area contributed by atoms with Gasteiger partial charge >= 0.3 is 0 Å². The number of hydrogen-bond acceptors (Lipinski definition) is 2. The van der Waals surface area contributed by atoms with E-state index in [1.807, 2.05) is 4.90 Å². The van der Waals surface area contributed by atoms with Gasteiger partial charge in [-0.2, -0.15) is 5.10 Å². The van der Waals surface area contributed by atoms with E-state index in [0.29, 0.717) is 18.2 Å². The Balaban J connectivity index is 1.96. The van der Waals surface area contributed by atoms with Gasteiger partial charge in [0.15, 0.2) is 0 Å². The maximum absolute atomic E-state index is 12.3. The summed E-state index contributed by atoms with van der Waals surface area (Å²) in [4.78, 5) is 14.3. The van der Waals surface area contributed by atoms with Crippen molar-refractivity contribution in [3.63, 3.8) is 0 Å². The van der Waals surface area contributed by atoms with E-state index in [-0.39, 0.29) is 0 Å². The summed E-state index contributed by atoms with van der Waals surface area (Å²) in [7, 11) is 0. The van der Waals surface area contributed by atoms with Crippen LogP contribution in [0.25, 0.3) is 0 Å². The van der Waals surface area contributed by atoms with Crippen LogP contribution in [0.1, 0.15) is 56.5 Å². The number of nitrogens with zero attached hydrogens (tertiary/aromatic N) is 3. The lowest BCUT2D eigenvalue weighted by Crippen LogP contribution is -2.35. The molecule has 1 amide bonds. The van der Waals surface area contributed by atoms with E-state index in [9.17, 15) is 4.79 Å². The minimum Gasteiger partial charge on any atom is -0.343 e. The van der Waals surface area contributed by atoms with Crippen molar-refractivity contribution in [3.05, 3.63) is 17.0 Å². The molecular weight excluding hydrogens is 262 g/mol. The number of likely N-dealkylation sites (tertiary alicyclic amines) is 1. The Kier molecular flexibility index (Phi) is 5.43. The average Bonchev–Trinajstić information content (AvgIpc) is 2.71. The molecule has 0 saturated carbocycles. The second kappa shape index (κ2) is 7.10. The zero-order valence-corrected chi connectivity index (χ0v) is 14.0. The maximum Gasteiger partial charge on any atom is 0.222 e. The second-order valence-electron chi connectivity index (χ2n) is 6.67. The van der Waals surface area contributed by atoms with Crippen molar-refractivity contribution in [2.75, 3.05) is 13.1 Å². The van der Waals surface area contributed by atoms with Gasteiger partial charge in [-0.1, -0.05) is 13.8 Å². The highest BCUT2D eigenvalue weighted by molar-refractivity contribution is 5.76. The molecule has 0 spiro atoms. The third-order valence-corrected chi connectivity index (χ3v) is 4.37. The second-order valence-corrected chi connectivity index (χ2v) is 6.67. The topological polar surface area (TPSA) is 38.1 Å². The molecule has 4 nitrogen and oxygen atoms in total. The summed E-state index contributed by atoms with van der Waals surface area (Å²) in [6.07, 6.45) is 5.04. The van der Waals surface area contributed by atoms with Crippen LogP contribution in [0, 0.1) is 19.8 Å². The van der Waals surface area contributed by atoms with Crippen molar-refractivity contribution in [1.82, 2.24) is 14.7 Å². The Morgan fingerprint density at radius 2 is 1.86 bits per heavy atom. The van der Waals surface area contributed by atoms with Gasteiger partial charge in [-0.25, -0.2) is 0 Å². The quantitative estimate of drug-likeness (QED) is 0.836. The van der Waals surface area contributed by atoms with Crippen molar-refractivity contribution in [1.29, 1.82) is 0 Å². The summed E-state index contributed by atoms with van der Waals surface area (Å²) >= 11 is 0. The Labute approximate surface area is 128 Å². The molecule has 1 saturated heterocycles. The van der Waals surface area contributed by atoms with Crippen molar-refractivity contribution in [2.24, 2.45) is 5.92 Å². The Hall–Kier alpha value is -1.32. The molecule has 118 valence electrons. The van der Waals surface area contributed by atoms with E-state index in [0.717, 1.165) is 44.6 Å². The zero-order chi connectivity index (χ0) is 15.4. The van der Waals surface area contributed by atoms with E-state index < -0.39 is 0 Å². The Morgan fingerprint density at radius 1 is 1.19 bits per heavy atom. The summed E-state index contributed by atoms with van der Waals surface area (Å²) in [5.41, 5.74) is 3.58. The molecular formula is C17H29N3O.